The third-order valence-electron chi connectivity index (χ3n) is 18.9. The molecule has 1 aliphatic heterocycles. The van der Waals surface area contributed by atoms with Gasteiger partial charge in [0.25, 0.3) is 0 Å². The minimum atomic E-state index is -0.0872. The monoisotopic (exact) mass is 1180 g/mol. The highest BCUT2D eigenvalue weighted by molar-refractivity contribution is 5.96. The number of rotatable bonds is 28. The Balaban J connectivity index is 1.26. The lowest BCUT2D eigenvalue weighted by Crippen LogP contribution is -2.27. The fraction of sp³-hybridized carbons (Fsp3) is 0.615. The predicted molar refractivity (Wildman–Crippen MR) is 377 cm³/mol. The largest absolute Gasteiger partial charge is 0.507 e. The quantitative estimate of drug-likeness (QED) is 0.0625. The molecule has 9 nitrogen and oxygen atoms in total. The molecular formula is C78H114N6O3. The first kappa shape index (κ1) is 68.8. The summed E-state index contributed by atoms with van der Waals surface area (Å²) >= 11 is 0. The summed E-state index contributed by atoms with van der Waals surface area (Å²) in [5.74, 6) is 1.35. The molecule has 3 N–H and O–H groups in total. The van der Waals surface area contributed by atoms with Crippen molar-refractivity contribution in [1.82, 2.24) is 0 Å². The molecule has 0 aromatic heterocycles. The van der Waals surface area contributed by atoms with Gasteiger partial charge in [0, 0.05) is 70.7 Å². The number of hydrogen-bond donors (Lipinski definition) is 3. The van der Waals surface area contributed by atoms with E-state index < -0.39 is 0 Å². The maximum atomic E-state index is 12.2. The van der Waals surface area contributed by atoms with E-state index in [1.54, 1.807) is 0 Å². The van der Waals surface area contributed by atoms with Crippen LogP contribution in [0.25, 0.3) is 18.2 Å². The van der Waals surface area contributed by atoms with E-state index in [-0.39, 0.29) is 53.5 Å². The summed E-state index contributed by atoms with van der Waals surface area (Å²) < 4.78 is 0. The summed E-state index contributed by atoms with van der Waals surface area (Å²) in [6.45, 7) is 11.4. The molecular weight excluding hydrogens is 1070 g/mol. The van der Waals surface area contributed by atoms with Gasteiger partial charge in [0.05, 0.1) is 36.3 Å². The molecule has 1 heterocycles. The van der Waals surface area contributed by atoms with Crippen molar-refractivity contribution in [3.05, 3.63) is 105 Å². The first-order valence-corrected chi connectivity index (χ1v) is 35.4. The van der Waals surface area contributed by atoms with E-state index in [0.717, 1.165) is 119 Å². The summed E-state index contributed by atoms with van der Waals surface area (Å²) in [5.41, 5.74) is 7.03. The standard InChI is InChI=1S/C78H114N6O3/c1-6-9-12-15-18-19-20-21-24-27-36-61-47-64-53-79-70-37-28-30-39-72(70)81-55-66-49-62(45-43-59(4)34-25-22-16-13-10-7-2)51-68(77(66)86)57-83-74-41-32-33-42-75(74)84-58-69-52-63(46-44-60(5)35-26-23-17-14-11-8-3)50-67(78(69)87)56-82-73-40-31-29-38-71(73)80-54-65(48-61)76(64)85/h27,36,43-60,70-75,85-87H,6-26,28-35,37-42H2,1-5H3/b36-27+,45-43+,46-44+,79-53?,80-54?,81-55?,82-56?,83-57?,84-58?. The zero-order valence-electron chi connectivity index (χ0n) is 54.8. The molecule has 3 aromatic carbocycles. The summed E-state index contributed by atoms with van der Waals surface area (Å²) in [7, 11) is 0. The van der Waals surface area contributed by atoms with Crippen molar-refractivity contribution in [2.75, 3.05) is 0 Å². The van der Waals surface area contributed by atoms with E-state index in [1.165, 1.54) is 122 Å². The second kappa shape index (κ2) is 39.3. The van der Waals surface area contributed by atoms with Crippen molar-refractivity contribution in [1.29, 1.82) is 0 Å². The molecule has 3 saturated carbocycles. The van der Waals surface area contributed by atoms with Crippen molar-refractivity contribution >= 4 is 55.5 Å². The fourth-order valence-corrected chi connectivity index (χ4v) is 13.2. The highest BCUT2D eigenvalue weighted by Crippen LogP contribution is 2.33. The lowest BCUT2D eigenvalue weighted by molar-refractivity contribution is 0.389. The average Bonchev–Trinajstić information content (AvgIpc) is 3.65. The first-order chi connectivity index (χ1) is 42.6. The van der Waals surface area contributed by atoms with Crippen LogP contribution in [0.2, 0.25) is 0 Å². The lowest BCUT2D eigenvalue weighted by Gasteiger charge is -2.26. The number of aliphatic imine (C=N–C) groups is 6. The molecule has 8 unspecified atom stereocenters. The number of benzene rings is 3. The normalized spacial score (nSPS) is 21.8. The molecule has 4 aliphatic rings. The molecule has 7 rings (SSSR count). The third-order valence-corrected chi connectivity index (χ3v) is 18.9. The van der Waals surface area contributed by atoms with Crippen LogP contribution < -0.4 is 0 Å². The topological polar surface area (TPSA) is 135 Å². The molecule has 3 fully saturated rings. The van der Waals surface area contributed by atoms with Crippen molar-refractivity contribution in [2.24, 2.45) is 41.8 Å². The van der Waals surface area contributed by atoms with Crippen LogP contribution in [0.5, 0.6) is 17.2 Å². The Morgan fingerprint density at radius 3 is 0.862 bits per heavy atom. The van der Waals surface area contributed by atoms with Crippen molar-refractivity contribution < 1.29 is 15.3 Å². The van der Waals surface area contributed by atoms with Crippen LogP contribution in [0.1, 0.15) is 309 Å². The van der Waals surface area contributed by atoms with Gasteiger partial charge in [-0.05, 0) is 129 Å². The van der Waals surface area contributed by atoms with Crippen molar-refractivity contribution in [2.45, 2.75) is 296 Å². The predicted octanol–water partition coefficient (Wildman–Crippen LogP) is 21.0. The van der Waals surface area contributed by atoms with Gasteiger partial charge in [-0.25, -0.2) is 0 Å². The van der Waals surface area contributed by atoms with Gasteiger partial charge in [0.1, 0.15) is 17.2 Å². The summed E-state index contributed by atoms with van der Waals surface area (Å²) in [6.07, 6.45) is 65.5. The Hall–Kier alpha value is -5.70. The van der Waals surface area contributed by atoms with Gasteiger partial charge in [-0.15, -0.1) is 0 Å². The van der Waals surface area contributed by atoms with Gasteiger partial charge >= 0.3 is 0 Å². The number of fused-ring (bicyclic) bond motifs is 9. The molecule has 87 heavy (non-hydrogen) atoms. The number of hydrogen-bond acceptors (Lipinski definition) is 9. The molecule has 0 saturated heterocycles. The average molecular weight is 1180 g/mol. The number of unbranched alkanes of at least 4 members (excludes halogenated alkanes) is 18. The zero-order valence-corrected chi connectivity index (χ0v) is 54.8. The van der Waals surface area contributed by atoms with Gasteiger partial charge in [-0.3, -0.25) is 30.0 Å². The van der Waals surface area contributed by atoms with Gasteiger partial charge in [0.2, 0.25) is 0 Å². The van der Waals surface area contributed by atoms with Crippen LogP contribution in [0, 0.1) is 11.8 Å². The Morgan fingerprint density at radius 1 is 0.345 bits per heavy atom. The highest BCUT2D eigenvalue weighted by atomic mass is 16.3. The van der Waals surface area contributed by atoms with Crippen LogP contribution in [0.15, 0.2) is 84.6 Å². The first-order valence-electron chi connectivity index (χ1n) is 35.4. The molecule has 474 valence electrons. The summed E-state index contributed by atoms with van der Waals surface area (Å²) in [4.78, 5) is 31.5. The van der Waals surface area contributed by atoms with Gasteiger partial charge in [-0.1, -0.05) is 232 Å². The van der Waals surface area contributed by atoms with Crippen molar-refractivity contribution in [3.63, 3.8) is 0 Å². The second-order valence-electron chi connectivity index (χ2n) is 26.5. The zero-order chi connectivity index (χ0) is 61.3. The van der Waals surface area contributed by atoms with Gasteiger partial charge in [-0.2, -0.15) is 0 Å². The third kappa shape index (κ3) is 24.0. The maximum Gasteiger partial charge on any atom is 0.133 e. The molecule has 8 atom stereocenters. The summed E-state index contributed by atoms with van der Waals surface area (Å²) in [6, 6.07) is 11.8. The molecule has 0 amide bonds. The lowest BCUT2D eigenvalue weighted by atomic mass is 9.91. The Kier molecular flexibility index (Phi) is 31.1. The SMILES string of the molecule is CCCCCCCCCC/C=C/c1cc2c(O)c(c1)C=NC1CCCCC1N=Cc1cc(/C=C/C(C)CCCCCCCC)cc(c1O)C=NC1CCCCC1N=Cc1cc(/C=C/C(C)CCCCCCCC)cc(c1O)C=NC1CCCCC1N=C2. The maximum absolute atomic E-state index is 12.2. The van der Waals surface area contributed by atoms with E-state index >= 15 is 0 Å². The molecule has 3 aliphatic carbocycles. The number of phenols is 3. The van der Waals surface area contributed by atoms with Crippen LogP contribution in [0.4, 0.5) is 0 Å². The number of allylic oxidation sites excluding steroid dienone is 3. The molecule has 0 spiro atoms. The Morgan fingerprint density at radius 2 is 0.586 bits per heavy atom. The minimum absolute atomic E-state index is 0.0840. The van der Waals surface area contributed by atoms with E-state index in [2.05, 4.69) is 107 Å². The molecule has 3 aromatic rings. The van der Waals surface area contributed by atoms with Gasteiger partial charge in [0.15, 0.2) is 0 Å². The van der Waals surface area contributed by atoms with Gasteiger partial charge < -0.3 is 15.3 Å². The molecule has 0 radical (unpaired) electrons. The van der Waals surface area contributed by atoms with E-state index in [4.69, 9.17) is 30.0 Å². The highest BCUT2D eigenvalue weighted by Gasteiger charge is 2.27. The van der Waals surface area contributed by atoms with Crippen LogP contribution in [-0.2, 0) is 0 Å². The van der Waals surface area contributed by atoms with Crippen LogP contribution in [-0.4, -0.2) is 88.9 Å². The second-order valence-corrected chi connectivity index (χ2v) is 26.5. The fourth-order valence-electron chi connectivity index (χ4n) is 13.2. The Bertz CT molecular complexity index is 2610. The van der Waals surface area contributed by atoms with E-state index in [1.807, 2.05) is 37.3 Å². The smallest absolute Gasteiger partial charge is 0.133 e. The van der Waals surface area contributed by atoms with E-state index in [0.29, 0.717) is 45.2 Å². The minimum Gasteiger partial charge on any atom is -0.507 e. The summed E-state index contributed by atoms with van der Waals surface area (Å²) in [5, 5.41) is 36.5. The van der Waals surface area contributed by atoms with Crippen molar-refractivity contribution in [3.8, 4) is 17.2 Å². The van der Waals surface area contributed by atoms with Crippen LogP contribution >= 0.6 is 0 Å². The molecule has 9 heteroatoms. The van der Waals surface area contributed by atoms with E-state index in [9.17, 15) is 15.3 Å². The Labute approximate surface area is 527 Å². The number of nitrogens with zero attached hydrogens (tertiary/aromatic N) is 6. The number of aromatic hydroxyl groups is 3. The molecule has 6 bridgehead atoms. The number of phenolic OH excluding ortho intramolecular Hbond substituents is 3. The van der Waals surface area contributed by atoms with Crippen LogP contribution in [0.3, 0.4) is 0 Å².